The van der Waals surface area contributed by atoms with Crippen LogP contribution in [0.15, 0.2) is 72.1 Å². The summed E-state index contributed by atoms with van der Waals surface area (Å²) in [6, 6.07) is 9.26. The summed E-state index contributed by atoms with van der Waals surface area (Å²) in [7, 11) is 1.75. The lowest BCUT2D eigenvalue weighted by Crippen LogP contribution is -2.32. The average molecular weight is 404 g/mol. The van der Waals surface area contributed by atoms with Crippen LogP contribution in [0.3, 0.4) is 0 Å². The average Bonchev–Trinajstić information content (AvgIpc) is 3.35. The first-order chi connectivity index (χ1) is 14.6. The number of hydrogen-bond acceptors (Lipinski definition) is 3. The first-order valence-corrected chi connectivity index (χ1v) is 11.0. The van der Waals surface area contributed by atoms with E-state index in [1.165, 1.54) is 28.7 Å². The van der Waals surface area contributed by atoms with Gasteiger partial charge in [-0.3, -0.25) is 9.58 Å². The number of likely N-dealkylation sites (tertiary alicyclic amines) is 1. The Hall–Kier alpha value is -2.59. The van der Waals surface area contributed by atoms with Gasteiger partial charge in [0.15, 0.2) is 0 Å². The Morgan fingerprint density at radius 2 is 2.13 bits per heavy atom. The van der Waals surface area contributed by atoms with Gasteiger partial charge in [0.25, 0.3) is 0 Å². The molecular formula is C26H33N3O. The van der Waals surface area contributed by atoms with E-state index in [-0.39, 0.29) is 0 Å². The predicted octanol–water partition coefficient (Wildman–Crippen LogP) is 5.28. The largest absolute Gasteiger partial charge is 0.496 e. The molecule has 30 heavy (non-hydrogen) atoms. The van der Waals surface area contributed by atoms with Crippen molar-refractivity contribution in [2.75, 3.05) is 20.2 Å². The molecule has 2 aliphatic rings. The van der Waals surface area contributed by atoms with Crippen LogP contribution in [-0.4, -0.2) is 40.9 Å². The summed E-state index contributed by atoms with van der Waals surface area (Å²) in [6.45, 7) is 7.44. The zero-order chi connectivity index (χ0) is 20.9. The molecule has 1 aromatic heterocycles. The fraction of sp³-hybridized carbons (Fsp3) is 0.423. The summed E-state index contributed by atoms with van der Waals surface area (Å²) in [6.07, 6.45) is 16.4. The molecule has 0 bridgehead atoms. The van der Waals surface area contributed by atoms with Gasteiger partial charge in [-0.1, -0.05) is 42.0 Å². The summed E-state index contributed by atoms with van der Waals surface area (Å²) < 4.78 is 7.52. The van der Waals surface area contributed by atoms with Crippen molar-refractivity contribution in [1.82, 2.24) is 14.7 Å². The zero-order valence-electron chi connectivity index (χ0n) is 18.4. The van der Waals surface area contributed by atoms with E-state index in [4.69, 9.17) is 4.74 Å². The van der Waals surface area contributed by atoms with Crippen molar-refractivity contribution in [2.24, 2.45) is 0 Å². The van der Waals surface area contributed by atoms with Crippen molar-refractivity contribution in [3.05, 3.63) is 83.2 Å². The predicted molar refractivity (Wildman–Crippen MR) is 123 cm³/mol. The van der Waals surface area contributed by atoms with Crippen LogP contribution in [-0.2, 0) is 6.54 Å². The number of hydrogen-bond donors (Lipinski definition) is 0. The van der Waals surface area contributed by atoms with Gasteiger partial charge in [-0.25, -0.2) is 0 Å². The quantitative estimate of drug-likeness (QED) is 0.630. The maximum Gasteiger partial charge on any atom is 0.121 e. The molecular weight excluding hydrogens is 370 g/mol. The van der Waals surface area contributed by atoms with Gasteiger partial charge in [0.05, 0.1) is 7.11 Å². The van der Waals surface area contributed by atoms with E-state index in [0.29, 0.717) is 12.0 Å². The SMILES string of the molecule is COc1ccc(C2CC(CCn3cccn3)N(CC3=CCC(C)=CC=C3)C2)cc1C. The van der Waals surface area contributed by atoms with Crippen LogP contribution in [0, 0.1) is 6.92 Å². The number of aryl methyl sites for hydroxylation is 2. The highest BCUT2D eigenvalue weighted by atomic mass is 16.5. The lowest BCUT2D eigenvalue weighted by molar-refractivity contribution is 0.253. The summed E-state index contributed by atoms with van der Waals surface area (Å²) in [5.41, 5.74) is 5.50. The van der Waals surface area contributed by atoms with Crippen molar-refractivity contribution in [2.45, 2.75) is 51.6 Å². The Kier molecular flexibility index (Phi) is 6.53. The molecule has 4 nitrogen and oxygen atoms in total. The van der Waals surface area contributed by atoms with Crippen LogP contribution in [0.5, 0.6) is 5.75 Å². The lowest BCUT2D eigenvalue weighted by Gasteiger charge is -2.25. The molecule has 158 valence electrons. The van der Waals surface area contributed by atoms with E-state index in [0.717, 1.165) is 38.2 Å². The van der Waals surface area contributed by atoms with Gasteiger partial charge in [0.1, 0.15) is 5.75 Å². The fourth-order valence-electron chi connectivity index (χ4n) is 4.71. The van der Waals surface area contributed by atoms with Crippen molar-refractivity contribution < 1.29 is 4.74 Å². The molecule has 1 saturated heterocycles. The summed E-state index contributed by atoms with van der Waals surface area (Å²) in [5, 5.41) is 4.40. The maximum atomic E-state index is 5.47. The number of rotatable bonds is 7. The van der Waals surface area contributed by atoms with Crippen LogP contribution in [0.25, 0.3) is 0 Å². The summed E-state index contributed by atoms with van der Waals surface area (Å²) in [4.78, 5) is 2.69. The molecule has 1 aliphatic carbocycles. The third kappa shape index (κ3) is 4.93. The van der Waals surface area contributed by atoms with E-state index in [9.17, 15) is 0 Å². The topological polar surface area (TPSA) is 30.3 Å². The number of ether oxygens (including phenoxy) is 1. The monoisotopic (exact) mass is 403 g/mol. The van der Waals surface area contributed by atoms with E-state index >= 15 is 0 Å². The molecule has 2 heterocycles. The molecule has 1 fully saturated rings. The first kappa shape index (κ1) is 20.7. The molecule has 1 aliphatic heterocycles. The standard InChI is InChI=1S/C26H33N3O/c1-20-6-4-7-22(9-8-20)18-28-19-24(23-10-11-26(30-3)21(2)16-23)17-25(28)12-15-29-14-5-13-27-29/h4-7,9-11,13-14,16,24-25H,8,12,15,17-19H2,1-3H3. The molecule has 1 aromatic carbocycles. The van der Waals surface area contributed by atoms with Gasteiger partial charge in [-0.15, -0.1) is 0 Å². The Bertz CT molecular complexity index is 939. The molecule has 0 N–H and O–H groups in total. The molecule has 0 amide bonds. The minimum Gasteiger partial charge on any atom is -0.496 e. The molecule has 0 saturated carbocycles. The minimum absolute atomic E-state index is 0.562. The second-order valence-corrected chi connectivity index (χ2v) is 8.66. The molecule has 2 unspecified atom stereocenters. The van der Waals surface area contributed by atoms with Crippen molar-refractivity contribution in [3.8, 4) is 5.75 Å². The fourth-order valence-corrected chi connectivity index (χ4v) is 4.71. The highest BCUT2D eigenvalue weighted by Gasteiger charge is 2.33. The van der Waals surface area contributed by atoms with Gasteiger partial charge in [-0.2, -0.15) is 5.10 Å². The lowest BCUT2D eigenvalue weighted by atomic mass is 9.94. The Morgan fingerprint density at radius 1 is 1.23 bits per heavy atom. The number of benzene rings is 1. The van der Waals surface area contributed by atoms with E-state index in [1.54, 1.807) is 7.11 Å². The van der Waals surface area contributed by atoms with Crippen LogP contribution in [0.1, 0.15) is 43.2 Å². The van der Waals surface area contributed by atoms with Crippen LogP contribution < -0.4 is 4.74 Å². The highest BCUT2D eigenvalue weighted by Crippen LogP contribution is 2.35. The molecule has 2 atom stereocenters. The molecule has 0 spiro atoms. The van der Waals surface area contributed by atoms with Crippen LogP contribution in [0.2, 0.25) is 0 Å². The zero-order valence-corrected chi connectivity index (χ0v) is 18.4. The summed E-state index contributed by atoms with van der Waals surface area (Å²) >= 11 is 0. The first-order valence-electron chi connectivity index (χ1n) is 11.0. The molecule has 0 radical (unpaired) electrons. The second kappa shape index (κ2) is 9.48. The third-order valence-corrected chi connectivity index (χ3v) is 6.43. The number of methoxy groups -OCH3 is 1. The van der Waals surface area contributed by atoms with Gasteiger partial charge < -0.3 is 4.74 Å². The number of nitrogens with zero attached hydrogens (tertiary/aromatic N) is 3. The molecule has 4 rings (SSSR count). The van der Waals surface area contributed by atoms with Crippen LogP contribution >= 0.6 is 0 Å². The molecule has 2 aromatic rings. The van der Waals surface area contributed by atoms with Gasteiger partial charge in [0.2, 0.25) is 0 Å². The number of aromatic nitrogens is 2. The van der Waals surface area contributed by atoms with E-state index in [1.807, 2.05) is 12.3 Å². The minimum atomic E-state index is 0.562. The van der Waals surface area contributed by atoms with Crippen molar-refractivity contribution in [1.29, 1.82) is 0 Å². The Balaban J connectivity index is 1.50. The van der Waals surface area contributed by atoms with Gasteiger partial charge in [0, 0.05) is 38.1 Å². The van der Waals surface area contributed by atoms with Crippen LogP contribution in [0.4, 0.5) is 0 Å². The van der Waals surface area contributed by atoms with Gasteiger partial charge in [-0.05, 0) is 67.9 Å². The normalized spacial score (nSPS) is 22.0. The van der Waals surface area contributed by atoms with E-state index < -0.39 is 0 Å². The van der Waals surface area contributed by atoms with Crippen molar-refractivity contribution in [3.63, 3.8) is 0 Å². The Morgan fingerprint density at radius 3 is 2.90 bits per heavy atom. The number of allylic oxidation sites excluding steroid dienone is 4. The maximum absolute atomic E-state index is 5.47. The Labute approximate surface area is 180 Å². The van der Waals surface area contributed by atoms with Crippen molar-refractivity contribution >= 4 is 0 Å². The highest BCUT2D eigenvalue weighted by molar-refractivity contribution is 5.38. The molecule has 4 heteroatoms. The second-order valence-electron chi connectivity index (χ2n) is 8.66. The summed E-state index contributed by atoms with van der Waals surface area (Å²) in [5.74, 6) is 1.54. The van der Waals surface area contributed by atoms with Gasteiger partial charge >= 0.3 is 0 Å². The third-order valence-electron chi connectivity index (χ3n) is 6.43. The van der Waals surface area contributed by atoms with E-state index in [2.05, 4.69) is 77.2 Å². The smallest absolute Gasteiger partial charge is 0.121 e.